The second-order valence-electron chi connectivity index (χ2n) is 4.54. The smallest absolute Gasteiger partial charge is 0.138 e. The van der Waals surface area contributed by atoms with Crippen molar-refractivity contribution in [2.45, 2.75) is 27.0 Å². The summed E-state index contributed by atoms with van der Waals surface area (Å²) in [7, 11) is 0. The highest BCUT2D eigenvalue weighted by atomic mass is 16.5. The van der Waals surface area contributed by atoms with Gasteiger partial charge in [0.05, 0.1) is 11.9 Å². The van der Waals surface area contributed by atoms with Gasteiger partial charge in [0.15, 0.2) is 0 Å². The van der Waals surface area contributed by atoms with Crippen LogP contribution in [-0.2, 0) is 13.2 Å². The van der Waals surface area contributed by atoms with Gasteiger partial charge >= 0.3 is 0 Å². The molecule has 1 heterocycles. The average molecular weight is 256 g/mol. The molecule has 0 atom stereocenters. The lowest BCUT2D eigenvalue weighted by molar-refractivity contribution is 0.304. The zero-order valence-corrected chi connectivity index (χ0v) is 11.5. The van der Waals surface area contributed by atoms with Crippen LogP contribution in [0.4, 0.5) is 0 Å². The third kappa shape index (κ3) is 4.38. The minimum atomic E-state index is 0.578. The van der Waals surface area contributed by atoms with Gasteiger partial charge in [-0.2, -0.15) is 0 Å². The van der Waals surface area contributed by atoms with E-state index in [-0.39, 0.29) is 0 Å². The highest BCUT2D eigenvalue weighted by Gasteiger charge is 1.98. The summed E-state index contributed by atoms with van der Waals surface area (Å²) < 4.78 is 5.71. The van der Waals surface area contributed by atoms with Gasteiger partial charge in [0.1, 0.15) is 12.4 Å². The van der Waals surface area contributed by atoms with E-state index in [2.05, 4.69) is 48.4 Å². The number of pyridine rings is 1. The van der Waals surface area contributed by atoms with Crippen LogP contribution in [0.5, 0.6) is 5.75 Å². The Hall–Kier alpha value is -1.87. The van der Waals surface area contributed by atoms with Crippen molar-refractivity contribution in [2.75, 3.05) is 6.54 Å². The standard InChI is InChI=1S/C16H20N2O/c1-3-17-10-15-8-9-16(11-18-15)19-12-14-6-4-13(2)5-7-14/h4-9,11,17H,3,10,12H2,1-2H3. The molecule has 0 aliphatic rings. The summed E-state index contributed by atoms with van der Waals surface area (Å²) in [6.07, 6.45) is 1.78. The first-order chi connectivity index (χ1) is 9.28. The first-order valence-electron chi connectivity index (χ1n) is 6.62. The van der Waals surface area contributed by atoms with E-state index in [0.29, 0.717) is 6.61 Å². The zero-order chi connectivity index (χ0) is 13.5. The maximum absolute atomic E-state index is 5.71. The van der Waals surface area contributed by atoms with Crippen molar-refractivity contribution in [1.82, 2.24) is 10.3 Å². The molecular weight excluding hydrogens is 236 g/mol. The first kappa shape index (κ1) is 13.6. The highest BCUT2D eigenvalue weighted by Crippen LogP contribution is 2.12. The molecule has 1 N–H and O–H groups in total. The number of nitrogens with zero attached hydrogens (tertiary/aromatic N) is 1. The summed E-state index contributed by atoms with van der Waals surface area (Å²) in [6.45, 7) is 6.49. The Kier molecular flexibility index (Phi) is 4.93. The summed E-state index contributed by atoms with van der Waals surface area (Å²) in [6, 6.07) is 12.3. The lowest BCUT2D eigenvalue weighted by Crippen LogP contribution is -2.12. The molecule has 1 aromatic carbocycles. The van der Waals surface area contributed by atoms with Gasteiger partial charge in [-0.25, -0.2) is 0 Å². The third-order valence-corrected chi connectivity index (χ3v) is 2.88. The van der Waals surface area contributed by atoms with Gasteiger partial charge in [-0.3, -0.25) is 4.98 Å². The zero-order valence-electron chi connectivity index (χ0n) is 11.5. The van der Waals surface area contributed by atoms with E-state index in [0.717, 1.165) is 24.5 Å². The minimum Gasteiger partial charge on any atom is -0.487 e. The van der Waals surface area contributed by atoms with Crippen molar-refractivity contribution in [1.29, 1.82) is 0 Å². The molecule has 0 fully saturated rings. The highest BCUT2D eigenvalue weighted by molar-refractivity contribution is 5.23. The molecule has 0 aliphatic heterocycles. The molecule has 3 heteroatoms. The second kappa shape index (κ2) is 6.90. The van der Waals surface area contributed by atoms with Crippen LogP contribution in [0.3, 0.4) is 0 Å². The quantitative estimate of drug-likeness (QED) is 0.862. The summed E-state index contributed by atoms with van der Waals surface area (Å²) in [4.78, 5) is 4.36. The number of rotatable bonds is 6. The number of benzene rings is 1. The summed E-state index contributed by atoms with van der Waals surface area (Å²) in [5.74, 6) is 0.806. The lowest BCUT2D eigenvalue weighted by Gasteiger charge is -2.07. The summed E-state index contributed by atoms with van der Waals surface area (Å²) in [5, 5.41) is 3.24. The molecule has 0 spiro atoms. The molecule has 19 heavy (non-hydrogen) atoms. The molecule has 0 radical (unpaired) electrons. The number of aromatic nitrogens is 1. The van der Waals surface area contributed by atoms with Gasteiger partial charge < -0.3 is 10.1 Å². The molecule has 1 aromatic heterocycles. The molecule has 2 rings (SSSR count). The van der Waals surface area contributed by atoms with Gasteiger partial charge in [-0.15, -0.1) is 0 Å². The Morgan fingerprint density at radius 2 is 1.89 bits per heavy atom. The lowest BCUT2D eigenvalue weighted by atomic mass is 10.2. The molecule has 0 unspecified atom stereocenters. The topological polar surface area (TPSA) is 34.1 Å². The minimum absolute atomic E-state index is 0.578. The van der Waals surface area contributed by atoms with E-state index in [1.165, 1.54) is 11.1 Å². The van der Waals surface area contributed by atoms with Crippen LogP contribution in [0, 0.1) is 6.92 Å². The van der Waals surface area contributed by atoms with Crippen LogP contribution >= 0.6 is 0 Å². The van der Waals surface area contributed by atoms with Crippen molar-refractivity contribution in [3.05, 3.63) is 59.4 Å². The van der Waals surface area contributed by atoms with E-state index < -0.39 is 0 Å². The Morgan fingerprint density at radius 3 is 2.53 bits per heavy atom. The maximum atomic E-state index is 5.71. The number of nitrogens with one attached hydrogen (secondary N) is 1. The number of hydrogen-bond acceptors (Lipinski definition) is 3. The fourth-order valence-electron chi connectivity index (χ4n) is 1.70. The predicted octanol–water partition coefficient (Wildman–Crippen LogP) is 3.08. The second-order valence-corrected chi connectivity index (χ2v) is 4.54. The van der Waals surface area contributed by atoms with Crippen molar-refractivity contribution in [2.24, 2.45) is 0 Å². The van der Waals surface area contributed by atoms with Gasteiger partial charge in [-0.05, 0) is 31.2 Å². The van der Waals surface area contributed by atoms with E-state index >= 15 is 0 Å². The summed E-state index contributed by atoms with van der Waals surface area (Å²) in [5.41, 5.74) is 3.46. The van der Waals surface area contributed by atoms with Crippen LogP contribution < -0.4 is 10.1 Å². The van der Waals surface area contributed by atoms with Gasteiger partial charge in [0.2, 0.25) is 0 Å². The van der Waals surface area contributed by atoms with Crippen molar-refractivity contribution < 1.29 is 4.74 Å². The molecule has 0 saturated heterocycles. The molecular formula is C16H20N2O. The molecule has 100 valence electrons. The van der Waals surface area contributed by atoms with Crippen molar-refractivity contribution in [3.63, 3.8) is 0 Å². The monoisotopic (exact) mass is 256 g/mol. The van der Waals surface area contributed by atoms with Crippen LogP contribution in [0.2, 0.25) is 0 Å². The Bertz CT molecular complexity index is 491. The molecule has 2 aromatic rings. The molecule has 0 saturated carbocycles. The van der Waals surface area contributed by atoms with Crippen LogP contribution in [-0.4, -0.2) is 11.5 Å². The number of ether oxygens (including phenoxy) is 1. The predicted molar refractivity (Wildman–Crippen MR) is 77.1 cm³/mol. The Labute approximate surface area is 114 Å². The van der Waals surface area contributed by atoms with Gasteiger partial charge in [-0.1, -0.05) is 36.8 Å². The summed E-state index contributed by atoms with van der Waals surface area (Å²) >= 11 is 0. The number of aryl methyl sites for hydroxylation is 1. The largest absolute Gasteiger partial charge is 0.487 e. The maximum Gasteiger partial charge on any atom is 0.138 e. The van der Waals surface area contributed by atoms with E-state index in [4.69, 9.17) is 4.74 Å². The number of hydrogen-bond donors (Lipinski definition) is 1. The van der Waals surface area contributed by atoms with Crippen LogP contribution in [0.1, 0.15) is 23.7 Å². The van der Waals surface area contributed by atoms with E-state index in [1.807, 2.05) is 12.1 Å². The van der Waals surface area contributed by atoms with Gasteiger partial charge in [0, 0.05) is 6.54 Å². The molecule has 0 aliphatic carbocycles. The Balaban J connectivity index is 1.87. The fraction of sp³-hybridized carbons (Fsp3) is 0.312. The van der Waals surface area contributed by atoms with Crippen LogP contribution in [0.25, 0.3) is 0 Å². The van der Waals surface area contributed by atoms with Crippen LogP contribution in [0.15, 0.2) is 42.6 Å². The SMILES string of the molecule is CCNCc1ccc(OCc2ccc(C)cc2)cn1. The molecule has 3 nitrogen and oxygen atoms in total. The molecule has 0 bridgehead atoms. The van der Waals surface area contributed by atoms with E-state index in [1.54, 1.807) is 6.20 Å². The average Bonchev–Trinajstić information content (AvgIpc) is 2.46. The Morgan fingerprint density at radius 1 is 1.11 bits per heavy atom. The van der Waals surface area contributed by atoms with Gasteiger partial charge in [0.25, 0.3) is 0 Å². The van der Waals surface area contributed by atoms with Crippen molar-refractivity contribution in [3.8, 4) is 5.75 Å². The molecule has 0 amide bonds. The normalized spacial score (nSPS) is 10.4. The first-order valence-corrected chi connectivity index (χ1v) is 6.62. The fourth-order valence-corrected chi connectivity index (χ4v) is 1.70. The van der Waals surface area contributed by atoms with E-state index in [9.17, 15) is 0 Å². The van der Waals surface area contributed by atoms with Crippen molar-refractivity contribution >= 4 is 0 Å². The third-order valence-electron chi connectivity index (χ3n) is 2.88.